The highest BCUT2D eigenvalue weighted by Gasteiger charge is 2.51. The Kier molecular flexibility index (Phi) is 5.98. The second kappa shape index (κ2) is 9.08. The maximum atomic E-state index is 12.9. The Morgan fingerprint density at radius 2 is 1.76 bits per heavy atom. The third-order valence-corrected chi connectivity index (χ3v) is 7.27. The predicted octanol–water partition coefficient (Wildman–Crippen LogP) is 4.43. The monoisotopic (exact) mass is 460 g/mol. The number of carbonyl (C=O) groups excluding carboxylic acids is 1. The number of cyclic esters (lactones) is 1. The first-order chi connectivity index (χ1) is 16.4. The Morgan fingerprint density at radius 1 is 1.06 bits per heavy atom. The molecule has 8 nitrogen and oxygen atoms in total. The van der Waals surface area contributed by atoms with Gasteiger partial charge in [0.05, 0.1) is 12.1 Å². The molecule has 2 unspecified atom stereocenters. The van der Waals surface area contributed by atoms with Crippen molar-refractivity contribution in [3.05, 3.63) is 66.1 Å². The lowest BCUT2D eigenvalue weighted by molar-refractivity contribution is 0.0662. The smallest absolute Gasteiger partial charge is 0.411 e. The highest BCUT2D eigenvalue weighted by atomic mass is 16.6. The van der Waals surface area contributed by atoms with Crippen LogP contribution in [0.1, 0.15) is 57.6 Å². The summed E-state index contributed by atoms with van der Waals surface area (Å²) in [5, 5.41) is 3.30. The van der Waals surface area contributed by atoms with Gasteiger partial charge in [-0.1, -0.05) is 30.3 Å². The van der Waals surface area contributed by atoms with Gasteiger partial charge in [0.2, 0.25) is 5.95 Å². The first kappa shape index (κ1) is 22.4. The number of nitrogens with zero attached hydrogens (tertiary/aromatic N) is 4. The van der Waals surface area contributed by atoms with Crippen LogP contribution in [0.15, 0.2) is 65.6 Å². The van der Waals surface area contributed by atoms with Gasteiger partial charge in [0, 0.05) is 24.6 Å². The van der Waals surface area contributed by atoms with Gasteiger partial charge in [0.15, 0.2) is 0 Å². The van der Waals surface area contributed by atoms with Crippen LogP contribution < -0.4 is 11.1 Å². The van der Waals surface area contributed by atoms with E-state index in [1.54, 1.807) is 18.5 Å². The molecule has 1 aromatic carbocycles. The molecule has 1 aromatic heterocycles. The number of hydrogen-bond donors (Lipinski definition) is 2. The van der Waals surface area contributed by atoms with Crippen molar-refractivity contribution in [3.63, 3.8) is 0 Å². The van der Waals surface area contributed by atoms with Crippen molar-refractivity contribution in [2.24, 2.45) is 16.6 Å². The maximum Gasteiger partial charge on any atom is 0.411 e. The number of anilines is 1. The van der Waals surface area contributed by atoms with Gasteiger partial charge >= 0.3 is 6.09 Å². The molecule has 2 aromatic rings. The van der Waals surface area contributed by atoms with Gasteiger partial charge in [-0.2, -0.15) is 0 Å². The van der Waals surface area contributed by atoms with Crippen LogP contribution in [-0.4, -0.2) is 44.5 Å². The molecule has 1 amide bonds. The number of amidine groups is 1. The number of hydrogen-bond acceptors (Lipinski definition) is 7. The zero-order valence-electron chi connectivity index (χ0n) is 19.7. The van der Waals surface area contributed by atoms with Crippen molar-refractivity contribution in [2.75, 3.05) is 5.32 Å². The minimum atomic E-state index is -0.564. The number of amides is 1. The van der Waals surface area contributed by atoms with E-state index in [-0.39, 0.29) is 24.2 Å². The number of rotatable bonds is 5. The summed E-state index contributed by atoms with van der Waals surface area (Å²) in [5.41, 5.74) is 8.02. The van der Waals surface area contributed by atoms with Crippen LogP contribution in [0, 0.1) is 5.92 Å². The van der Waals surface area contributed by atoms with Crippen LogP contribution in [0.4, 0.5) is 10.7 Å². The SMILES string of the molecule is CC1(C)OC(=O)N(C2CCC(C3=CN=C(N)C(Nc4ncccn4)C3)CC2)C1c1ccccc1. The van der Waals surface area contributed by atoms with E-state index in [1.165, 1.54) is 5.57 Å². The first-order valence-corrected chi connectivity index (χ1v) is 12.0. The average molecular weight is 461 g/mol. The summed E-state index contributed by atoms with van der Waals surface area (Å²) in [6.45, 7) is 4.01. The lowest BCUT2D eigenvalue weighted by Crippen LogP contribution is -2.43. The largest absolute Gasteiger partial charge is 0.441 e. The van der Waals surface area contributed by atoms with E-state index in [2.05, 4.69) is 32.4 Å². The van der Waals surface area contributed by atoms with Gasteiger partial charge in [-0.25, -0.2) is 19.8 Å². The van der Waals surface area contributed by atoms with E-state index in [0.717, 1.165) is 37.7 Å². The van der Waals surface area contributed by atoms with Crippen molar-refractivity contribution in [3.8, 4) is 0 Å². The highest BCUT2D eigenvalue weighted by molar-refractivity contribution is 5.89. The van der Waals surface area contributed by atoms with Gasteiger partial charge in [0.25, 0.3) is 0 Å². The van der Waals surface area contributed by atoms with E-state index >= 15 is 0 Å². The molecule has 3 heterocycles. The molecule has 2 fully saturated rings. The molecule has 3 N–H and O–H groups in total. The second-order valence-corrected chi connectivity index (χ2v) is 9.93. The van der Waals surface area contributed by atoms with Crippen LogP contribution in [0.2, 0.25) is 0 Å². The fraction of sp³-hybridized carbons (Fsp3) is 0.462. The highest BCUT2D eigenvalue weighted by Crippen LogP contribution is 2.46. The first-order valence-electron chi connectivity index (χ1n) is 12.0. The Balaban J connectivity index is 1.26. The second-order valence-electron chi connectivity index (χ2n) is 9.93. The lowest BCUT2D eigenvalue weighted by atomic mass is 9.78. The standard InChI is InChI=1S/C26H32N6O2/c1-26(2)22(18-7-4-3-5-8-18)32(25(33)34-26)20-11-9-17(10-12-20)19-15-21(23(27)30-16-19)31-24-28-13-6-14-29-24/h3-8,13-14,16-17,20-22H,9-12,15H2,1-2H3,(H2,27,30)(H,28,29,31). The summed E-state index contributed by atoms with van der Waals surface area (Å²) in [7, 11) is 0. The summed E-state index contributed by atoms with van der Waals surface area (Å²) in [6.07, 6.45) is 9.82. The van der Waals surface area contributed by atoms with Gasteiger partial charge in [-0.15, -0.1) is 0 Å². The van der Waals surface area contributed by atoms with E-state index in [1.807, 2.05) is 43.1 Å². The quantitative estimate of drug-likeness (QED) is 0.684. The molecule has 1 saturated heterocycles. The van der Waals surface area contributed by atoms with Gasteiger partial charge in [0.1, 0.15) is 11.4 Å². The molecule has 2 atom stereocenters. The topological polar surface area (TPSA) is 106 Å². The number of aliphatic imine (C=N–C) groups is 1. The summed E-state index contributed by atoms with van der Waals surface area (Å²) < 4.78 is 5.83. The molecule has 178 valence electrons. The number of benzene rings is 1. The maximum absolute atomic E-state index is 12.9. The zero-order valence-corrected chi connectivity index (χ0v) is 19.7. The number of nitrogens with two attached hydrogens (primary N) is 1. The molecule has 1 saturated carbocycles. The molecular weight excluding hydrogens is 428 g/mol. The van der Waals surface area contributed by atoms with Crippen LogP contribution in [0.5, 0.6) is 0 Å². The van der Waals surface area contributed by atoms with Crippen molar-refractivity contribution in [1.29, 1.82) is 0 Å². The number of ether oxygens (including phenoxy) is 1. The summed E-state index contributed by atoms with van der Waals surface area (Å²) in [6, 6.07) is 12.0. The van der Waals surface area contributed by atoms with Gasteiger partial charge in [-0.3, -0.25) is 4.90 Å². The number of carbonyl (C=O) groups is 1. The fourth-order valence-electron chi connectivity index (χ4n) is 5.62. The fourth-order valence-corrected chi connectivity index (χ4v) is 5.62. The van der Waals surface area contributed by atoms with Crippen molar-refractivity contribution < 1.29 is 9.53 Å². The summed E-state index contributed by atoms with van der Waals surface area (Å²) in [4.78, 5) is 27.9. The van der Waals surface area contributed by atoms with Crippen molar-refractivity contribution in [2.45, 2.75) is 69.7 Å². The van der Waals surface area contributed by atoms with Crippen LogP contribution in [-0.2, 0) is 4.74 Å². The molecule has 8 heteroatoms. The van der Waals surface area contributed by atoms with Crippen LogP contribution in [0.3, 0.4) is 0 Å². The molecule has 3 aliphatic rings. The van der Waals surface area contributed by atoms with E-state index in [0.29, 0.717) is 17.7 Å². The Bertz CT molecular complexity index is 1080. The molecular formula is C26H32N6O2. The molecule has 0 bridgehead atoms. The lowest BCUT2D eigenvalue weighted by Gasteiger charge is -2.39. The summed E-state index contributed by atoms with van der Waals surface area (Å²) >= 11 is 0. The molecule has 34 heavy (non-hydrogen) atoms. The average Bonchev–Trinajstić information content (AvgIpc) is 3.09. The van der Waals surface area contributed by atoms with Crippen molar-refractivity contribution in [1.82, 2.24) is 14.9 Å². The molecule has 0 radical (unpaired) electrons. The predicted molar refractivity (Wildman–Crippen MR) is 131 cm³/mol. The number of aromatic nitrogens is 2. The molecule has 0 spiro atoms. The molecule has 5 rings (SSSR count). The van der Waals surface area contributed by atoms with Crippen molar-refractivity contribution >= 4 is 17.9 Å². The van der Waals surface area contributed by atoms with E-state index < -0.39 is 5.60 Å². The third-order valence-electron chi connectivity index (χ3n) is 7.27. The van der Waals surface area contributed by atoms with E-state index in [4.69, 9.17) is 10.5 Å². The normalized spacial score (nSPS) is 28.6. The third kappa shape index (κ3) is 4.36. The van der Waals surface area contributed by atoms with Crippen LogP contribution in [0.25, 0.3) is 0 Å². The number of nitrogens with one attached hydrogen (secondary N) is 1. The molecule has 1 aliphatic carbocycles. The van der Waals surface area contributed by atoms with Gasteiger partial charge < -0.3 is 15.8 Å². The van der Waals surface area contributed by atoms with E-state index in [9.17, 15) is 4.79 Å². The molecule has 2 aliphatic heterocycles. The van der Waals surface area contributed by atoms with Gasteiger partial charge in [-0.05, 0) is 69.1 Å². The zero-order chi connectivity index (χ0) is 23.7. The Labute approximate surface area is 200 Å². The minimum absolute atomic E-state index is 0.0829. The summed E-state index contributed by atoms with van der Waals surface area (Å²) in [5.74, 6) is 1.53. The Morgan fingerprint density at radius 3 is 2.47 bits per heavy atom. The van der Waals surface area contributed by atoms with Crippen LogP contribution >= 0.6 is 0 Å². The Hall–Kier alpha value is -3.42. The minimum Gasteiger partial charge on any atom is -0.441 e.